The van der Waals surface area contributed by atoms with E-state index in [1.54, 1.807) is 18.4 Å². The molecule has 4 nitrogen and oxygen atoms in total. The average Bonchev–Trinajstić information content (AvgIpc) is 2.56. The summed E-state index contributed by atoms with van der Waals surface area (Å²) in [4.78, 5) is 5.54. The Kier molecular flexibility index (Phi) is 9.35. The first-order chi connectivity index (χ1) is 7.74. The van der Waals surface area contributed by atoms with Crippen molar-refractivity contribution < 1.29 is 14.2 Å². The van der Waals surface area contributed by atoms with E-state index >= 15 is 0 Å². The van der Waals surface area contributed by atoms with Gasteiger partial charge in [0.05, 0.1) is 57.0 Å². The van der Waals surface area contributed by atoms with Crippen molar-refractivity contribution in [2.24, 2.45) is 0 Å². The maximum absolute atomic E-state index is 5.50. The monoisotopic (exact) mass is 259 g/mol. The van der Waals surface area contributed by atoms with Gasteiger partial charge in [-0.25, -0.2) is 4.98 Å². The van der Waals surface area contributed by atoms with Crippen LogP contribution in [0.5, 0.6) is 0 Å². The smallest absolute Gasteiger partial charge is 0.0900 e. The molecule has 0 radical (unpaired) electrons. The minimum absolute atomic E-state index is 0. The molecule has 1 aromatic rings. The number of thiazole rings is 1. The zero-order valence-corrected chi connectivity index (χ0v) is 10.9. The van der Waals surface area contributed by atoms with E-state index in [9.17, 15) is 0 Å². The summed E-state index contributed by atoms with van der Waals surface area (Å²) in [7, 11) is 1.66. The van der Waals surface area contributed by atoms with Crippen LogP contribution >= 0.6 is 11.3 Å². The highest BCUT2D eigenvalue weighted by Crippen LogP contribution is 2.17. The molecule has 0 aliphatic heterocycles. The van der Waals surface area contributed by atoms with Crippen LogP contribution < -0.4 is 0 Å². The normalized spacial score (nSPS) is 10.3. The lowest BCUT2D eigenvalue weighted by Crippen LogP contribution is -2.08. The Morgan fingerprint density at radius 1 is 1.06 bits per heavy atom. The fourth-order valence-corrected chi connectivity index (χ4v) is 2.11. The molecule has 0 spiro atoms. The predicted octanol–water partition coefficient (Wildman–Crippen LogP) is 0.756. The molecule has 0 amide bonds. The van der Waals surface area contributed by atoms with Gasteiger partial charge in [-0.3, -0.25) is 0 Å². The minimum atomic E-state index is 0. The lowest BCUT2D eigenvalue weighted by atomic mass is 10.4. The van der Waals surface area contributed by atoms with Crippen LogP contribution in [0, 0.1) is 13.8 Å². The molecule has 0 unspecified atom stereocenters. The number of hydrogen-bond acceptors (Lipinski definition) is 5. The van der Waals surface area contributed by atoms with E-state index < -0.39 is 0 Å². The molecule has 1 rings (SSSR count). The van der Waals surface area contributed by atoms with E-state index in [0.29, 0.717) is 33.0 Å². The topological polar surface area (TPSA) is 40.6 Å². The average molecular weight is 259 g/mol. The molecule has 0 atom stereocenters. The lowest BCUT2D eigenvalue weighted by molar-refractivity contribution is 0.0204. The van der Waals surface area contributed by atoms with Crippen molar-refractivity contribution in [3.63, 3.8) is 0 Å². The van der Waals surface area contributed by atoms with Crippen molar-refractivity contribution in [1.82, 2.24) is 4.98 Å². The van der Waals surface area contributed by atoms with Gasteiger partial charge in [0, 0.05) is 7.11 Å². The van der Waals surface area contributed by atoms with Gasteiger partial charge in [-0.1, -0.05) is 0 Å². The number of ether oxygens (including phenoxy) is 3. The molecule has 0 aromatic carbocycles. The Morgan fingerprint density at radius 2 is 1.71 bits per heavy atom. The van der Waals surface area contributed by atoms with Crippen LogP contribution in [0.4, 0.5) is 0 Å². The summed E-state index contributed by atoms with van der Waals surface area (Å²) in [6, 6.07) is 0. The molecule has 0 aliphatic carbocycles. The highest BCUT2D eigenvalue weighted by molar-refractivity contribution is 7.11. The molecule has 1 heterocycles. The maximum Gasteiger partial charge on any atom is 0.0900 e. The fraction of sp³-hybridized carbons (Fsp3) is 0.727. The van der Waals surface area contributed by atoms with Gasteiger partial charge in [0.2, 0.25) is 0 Å². The predicted molar refractivity (Wildman–Crippen MR) is 73.9 cm³/mol. The van der Waals surface area contributed by atoms with E-state index in [1.807, 2.05) is 13.8 Å². The van der Waals surface area contributed by atoms with E-state index in [2.05, 4.69) is 4.98 Å². The lowest BCUT2D eigenvalue weighted by Gasteiger charge is -2.04. The number of hydrogen-bond donors (Lipinski definition) is 0. The van der Waals surface area contributed by atoms with Crippen LogP contribution in [0.3, 0.4) is 0 Å². The summed E-state index contributed by atoms with van der Waals surface area (Å²) in [5.74, 6) is 0. The first-order valence-corrected chi connectivity index (χ1v) is 6.13. The number of aryl methyl sites for hydroxylation is 2. The van der Waals surface area contributed by atoms with Gasteiger partial charge in [0.25, 0.3) is 0 Å². The van der Waals surface area contributed by atoms with Gasteiger partial charge in [0.15, 0.2) is 0 Å². The zero-order valence-electron chi connectivity index (χ0n) is 10.1. The molecule has 0 fully saturated rings. The van der Waals surface area contributed by atoms with Gasteiger partial charge in [-0.15, -0.1) is 11.3 Å². The molecule has 6 heteroatoms. The third-order valence-electron chi connectivity index (χ3n) is 2.04. The van der Waals surface area contributed by atoms with Crippen LogP contribution in [-0.2, 0) is 20.8 Å². The SMILES string of the molecule is B.COCCOCCOCc1sc(C)nc1C. The highest BCUT2D eigenvalue weighted by atomic mass is 32.1. The van der Waals surface area contributed by atoms with Crippen molar-refractivity contribution in [2.45, 2.75) is 20.5 Å². The van der Waals surface area contributed by atoms with Gasteiger partial charge >= 0.3 is 0 Å². The van der Waals surface area contributed by atoms with Gasteiger partial charge in [0.1, 0.15) is 0 Å². The second kappa shape index (κ2) is 9.59. The van der Waals surface area contributed by atoms with Crippen molar-refractivity contribution in [3.8, 4) is 0 Å². The highest BCUT2D eigenvalue weighted by Gasteiger charge is 2.03. The summed E-state index contributed by atoms with van der Waals surface area (Å²) in [6.45, 7) is 7.13. The molecule has 98 valence electrons. The minimum Gasteiger partial charge on any atom is -0.382 e. The quantitative estimate of drug-likeness (QED) is 0.510. The summed E-state index contributed by atoms with van der Waals surface area (Å²) in [5, 5.41) is 1.09. The van der Waals surface area contributed by atoms with Crippen molar-refractivity contribution in [2.75, 3.05) is 33.5 Å². The van der Waals surface area contributed by atoms with E-state index in [1.165, 1.54) is 4.88 Å². The Labute approximate surface area is 109 Å². The third-order valence-corrected chi connectivity index (χ3v) is 3.08. The van der Waals surface area contributed by atoms with Crippen LogP contribution in [0.25, 0.3) is 0 Å². The fourth-order valence-electron chi connectivity index (χ4n) is 1.23. The molecule has 0 bridgehead atoms. The molecule has 0 aliphatic rings. The Hall–Kier alpha value is -0.425. The van der Waals surface area contributed by atoms with E-state index in [0.717, 1.165) is 10.7 Å². The first-order valence-electron chi connectivity index (χ1n) is 5.31. The largest absolute Gasteiger partial charge is 0.382 e. The zero-order chi connectivity index (χ0) is 11.8. The summed E-state index contributed by atoms with van der Waals surface area (Å²) in [5.41, 5.74) is 1.07. The van der Waals surface area contributed by atoms with Crippen LogP contribution in [0.2, 0.25) is 0 Å². The van der Waals surface area contributed by atoms with Crippen molar-refractivity contribution in [3.05, 3.63) is 15.6 Å². The summed E-state index contributed by atoms with van der Waals surface area (Å²) in [6.07, 6.45) is 0. The number of methoxy groups -OCH3 is 1. The molecular formula is C11H22BNO3S. The van der Waals surface area contributed by atoms with E-state index in [-0.39, 0.29) is 8.41 Å². The van der Waals surface area contributed by atoms with Crippen LogP contribution in [-0.4, -0.2) is 46.9 Å². The third kappa shape index (κ3) is 6.78. The number of aromatic nitrogens is 1. The first kappa shape index (κ1) is 16.6. The molecule has 0 saturated heterocycles. The van der Waals surface area contributed by atoms with Crippen molar-refractivity contribution >= 4 is 19.7 Å². The summed E-state index contributed by atoms with van der Waals surface area (Å²) < 4.78 is 15.6. The van der Waals surface area contributed by atoms with Crippen LogP contribution in [0.1, 0.15) is 15.6 Å². The molecule has 17 heavy (non-hydrogen) atoms. The van der Waals surface area contributed by atoms with Gasteiger partial charge < -0.3 is 14.2 Å². The van der Waals surface area contributed by atoms with E-state index in [4.69, 9.17) is 14.2 Å². The van der Waals surface area contributed by atoms with Gasteiger partial charge in [-0.2, -0.15) is 0 Å². The molecular weight excluding hydrogens is 237 g/mol. The Bertz CT molecular complexity index is 307. The van der Waals surface area contributed by atoms with Gasteiger partial charge in [-0.05, 0) is 13.8 Å². The maximum atomic E-state index is 5.50. The van der Waals surface area contributed by atoms with Crippen molar-refractivity contribution in [1.29, 1.82) is 0 Å². The standard InChI is InChI=1S/C11H19NO3S.BH3/c1-9-11(16-10(2)12-9)8-15-7-6-14-5-4-13-3;/h4-8H2,1-3H3;1H3. The summed E-state index contributed by atoms with van der Waals surface area (Å²) >= 11 is 1.69. The second-order valence-corrected chi connectivity index (χ2v) is 4.69. The van der Waals surface area contributed by atoms with Crippen LogP contribution in [0.15, 0.2) is 0 Å². The second-order valence-electron chi connectivity index (χ2n) is 3.40. The molecule has 0 N–H and O–H groups in total. The number of nitrogens with zero attached hydrogens (tertiary/aromatic N) is 1. The molecule has 1 aromatic heterocycles. The molecule has 0 saturated carbocycles. The number of rotatable bonds is 8. The Morgan fingerprint density at radius 3 is 2.29 bits per heavy atom. The Balaban J connectivity index is 0.00000256.